The summed E-state index contributed by atoms with van der Waals surface area (Å²) in [6.45, 7) is 1.89. The molecule has 0 radical (unpaired) electrons. The Labute approximate surface area is 138 Å². The molecule has 0 spiro atoms. The molecule has 0 bridgehead atoms. The third-order valence-electron chi connectivity index (χ3n) is 4.06. The molecule has 1 aromatic carbocycles. The van der Waals surface area contributed by atoms with Crippen molar-refractivity contribution in [3.8, 4) is 0 Å². The summed E-state index contributed by atoms with van der Waals surface area (Å²) in [6, 6.07) is 9.70. The highest BCUT2D eigenvalue weighted by Crippen LogP contribution is 2.23. The topological polar surface area (TPSA) is 95.6 Å². The predicted molar refractivity (Wildman–Crippen MR) is 89.6 cm³/mol. The molecule has 23 heavy (non-hydrogen) atoms. The summed E-state index contributed by atoms with van der Waals surface area (Å²) in [5.41, 5.74) is 6.62. The maximum Gasteiger partial charge on any atom is 0.407 e. The zero-order valence-electron chi connectivity index (χ0n) is 12.6. The lowest BCUT2D eigenvalue weighted by Gasteiger charge is -2.36. The van der Waals surface area contributed by atoms with E-state index in [2.05, 4.69) is 14.3 Å². The molecule has 3 N–H and O–H groups in total. The van der Waals surface area contributed by atoms with Crippen molar-refractivity contribution in [2.24, 2.45) is 0 Å². The first-order valence-corrected chi connectivity index (χ1v) is 8.28. The van der Waals surface area contributed by atoms with Gasteiger partial charge in [0.05, 0.1) is 0 Å². The van der Waals surface area contributed by atoms with E-state index >= 15 is 0 Å². The van der Waals surface area contributed by atoms with Crippen molar-refractivity contribution >= 4 is 28.7 Å². The summed E-state index contributed by atoms with van der Waals surface area (Å²) in [6.07, 6.45) is 0.652. The smallest absolute Gasteiger partial charge is 0.407 e. The Kier molecular flexibility index (Phi) is 4.61. The Hall–Kier alpha value is -2.35. The fourth-order valence-corrected chi connectivity index (χ4v) is 3.32. The second-order valence-electron chi connectivity index (χ2n) is 5.55. The molecule has 0 unspecified atom stereocenters. The minimum Gasteiger partial charge on any atom is -0.465 e. The minimum atomic E-state index is -0.872. The fraction of sp³-hybridized carbons (Fsp3) is 0.400. The predicted octanol–water partition coefficient (Wildman–Crippen LogP) is 2.27. The van der Waals surface area contributed by atoms with Gasteiger partial charge in [0.2, 0.25) is 11.1 Å². The van der Waals surface area contributed by atoms with Crippen LogP contribution < -0.4 is 10.6 Å². The van der Waals surface area contributed by atoms with Crippen LogP contribution in [-0.4, -0.2) is 44.6 Å². The summed E-state index contributed by atoms with van der Waals surface area (Å²) in [7, 11) is 0. The summed E-state index contributed by atoms with van der Waals surface area (Å²) in [5.74, 6) is 0.649. The Morgan fingerprint density at radius 1 is 1.35 bits per heavy atom. The molecule has 2 heterocycles. The van der Waals surface area contributed by atoms with Gasteiger partial charge >= 0.3 is 6.09 Å². The molecule has 122 valence electrons. The Morgan fingerprint density at radius 3 is 2.61 bits per heavy atom. The highest BCUT2D eigenvalue weighted by atomic mass is 32.1. The van der Waals surface area contributed by atoms with Crippen LogP contribution in [0.5, 0.6) is 0 Å². The quantitative estimate of drug-likeness (QED) is 0.891. The van der Waals surface area contributed by atoms with Crippen LogP contribution in [0, 0.1) is 0 Å². The highest BCUT2D eigenvalue weighted by Gasteiger charge is 2.29. The van der Waals surface area contributed by atoms with E-state index in [0.717, 1.165) is 31.5 Å². The number of benzene rings is 1. The molecular weight excluding hydrogens is 314 g/mol. The highest BCUT2D eigenvalue weighted by molar-refractivity contribution is 7.09. The molecule has 1 amide bonds. The number of hydrogen-bond donors (Lipinski definition) is 2. The monoisotopic (exact) mass is 333 g/mol. The number of nitrogens with two attached hydrogens (primary N) is 1. The molecule has 1 saturated heterocycles. The SMILES string of the molecule is Nc1nc(N2CCC(N(Cc3ccccc3)C(=O)O)CC2)ns1. The van der Waals surface area contributed by atoms with Crippen molar-refractivity contribution in [3.05, 3.63) is 35.9 Å². The number of carboxylic acid groups (broad SMARTS) is 1. The summed E-state index contributed by atoms with van der Waals surface area (Å²) in [5, 5.41) is 10.0. The third-order valence-corrected chi connectivity index (χ3v) is 4.59. The standard InChI is InChI=1S/C15H19N5O2S/c16-13-17-14(18-23-13)19-8-6-12(7-9-19)20(15(21)22)10-11-4-2-1-3-5-11/h1-5,12H,6-10H2,(H,21,22)(H2,16,17,18). The number of aromatic nitrogens is 2. The van der Waals surface area contributed by atoms with Crippen LogP contribution in [0.3, 0.4) is 0 Å². The first-order chi connectivity index (χ1) is 11.1. The number of piperidine rings is 1. The first-order valence-electron chi connectivity index (χ1n) is 7.51. The van der Waals surface area contributed by atoms with E-state index in [1.165, 1.54) is 16.4 Å². The van der Waals surface area contributed by atoms with Crippen molar-refractivity contribution < 1.29 is 9.90 Å². The molecule has 0 atom stereocenters. The second kappa shape index (κ2) is 6.82. The maximum absolute atomic E-state index is 11.6. The van der Waals surface area contributed by atoms with Gasteiger partial charge < -0.3 is 20.6 Å². The molecule has 1 aromatic heterocycles. The van der Waals surface area contributed by atoms with Crippen LogP contribution in [0.25, 0.3) is 0 Å². The summed E-state index contributed by atoms with van der Waals surface area (Å²) < 4.78 is 4.21. The summed E-state index contributed by atoms with van der Waals surface area (Å²) >= 11 is 1.18. The fourth-order valence-electron chi connectivity index (χ4n) is 2.87. The van der Waals surface area contributed by atoms with Crippen LogP contribution in [0.15, 0.2) is 30.3 Å². The molecule has 0 aliphatic carbocycles. The van der Waals surface area contributed by atoms with Gasteiger partial charge in [-0.1, -0.05) is 30.3 Å². The van der Waals surface area contributed by atoms with Gasteiger partial charge in [0, 0.05) is 37.2 Å². The third kappa shape index (κ3) is 3.70. The zero-order valence-corrected chi connectivity index (χ0v) is 13.4. The largest absolute Gasteiger partial charge is 0.465 e. The van der Waals surface area contributed by atoms with Crippen LogP contribution in [0.4, 0.5) is 15.9 Å². The van der Waals surface area contributed by atoms with E-state index in [0.29, 0.717) is 17.6 Å². The van der Waals surface area contributed by atoms with Crippen molar-refractivity contribution in [3.63, 3.8) is 0 Å². The average molecular weight is 333 g/mol. The van der Waals surface area contributed by atoms with Crippen molar-refractivity contribution in [2.75, 3.05) is 23.7 Å². The van der Waals surface area contributed by atoms with Crippen molar-refractivity contribution in [1.29, 1.82) is 0 Å². The number of amides is 1. The van der Waals surface area contributed by atoms with Crippen LogP contribution in [-0.2, 0) is 6.54 Å². The van der Waals surface area contributed by atoms with Gasteiger partial charge in [0.1, 0.15) is 0 Å². The van der Waals surface area contributed by atoms with Gasteiger partial charge in [-0.2, -0.15) is 9.36 Å². The van der Waals surface area contributed by atoms with E-state index in [1.54, 1.807) is 0 Å². The molecule has 1 aliphatic rings. The molecular formula is C15H19N5O2S. The van der Waals surface area contributed by atoms with E-state index in [4.69, 9.17) is 5.73 Å². The van der Waals surface area contributed by atoms with Gasteiger partial charge in [0.25, 0.3) is 0 Å². The molecule has 1 aliphatic heterocycles. The van der Waals surface area contributed by atoms with Crippen molar-refractivity contribution in [2.45, 2.75) is 25.4 Å². The zero-order chi connectivity index (χ0) is 16.2. The molecule has 7 nitrogen and oxygen atoms in total. The van der Waals surface area contributed by atoms with Gasteiger partial charge in [-0.3, -0.25) is 0 Å². The Bertz CT molecular complexity index is 655. The number of carbonyl (C=O) groups is 1. The van der Waals surface area contributed by atoms with E-state index in [1.807, 2.05) is 30.3 Å². The van der Waals surface area contributed by atoms with Gasteiger partial charge in [0.15, 0.2) is 0 Å². The first kappa shape index (κ1) is 15.5. The van der Waals surface area contributed by atoms with Gasteiger partial charge in [-0.25, -0.2) is 4.79 Å². The van der Waals surface area contributed by atoms with Gasteiger partial charge in [-0.15, -0.1) is 0 Å². The molecule has 3 rings (SSSR count). The average Bonchev–Trinajstić information content (AvgIpc) is 3.00. The van der Waals surface area contributed by atoms with E-state index in [-0.39, 0.29) is 6.04 Å². The molecule has 0 saturated carbocycles. The number of hydrogen-bond acceptors (Lipinski definition) is 6. The van der Waals surface area contributed by atoms with Crippen LogP contribution in [0.1, 0.15) is 18.4 Å². The van der Waals surface area contributed by atoms with Crippen LogP contribution >= 0.6 is 11.5 Å². The van der Waals surface area contributed by atoms with E-state index in [9.17, 15) is 9.90 Å². The number of anilines is 2. The lowest BCUT2D eigenvalue weighted by Crippen LogP contribution is -2.47. The maximum atomic E-state index is 11.6. The molecule has 8 heteroatoms. The lowest BCUT2D eigenvalue weighted by molar-refractivity contribution is 0.111. The molecule has 1 fully saturated rings. The normalized spacial score (nSPS) is 15.6. The molecule has 2 aromatic rings. The summed E-state index contributed by atoms with van der Waals surface area (Å²) in [4.78, 5) is 19.4. The Morgan fingerprint density at radius 2 is 2.04 bits per heavy atom. The van der Waals surface area contributed by atoms with Crippen molar-refractivity contribution in [1.82, 2.24) is 14.3 Å². The lowest BCUT2D eigenvalue weighted by atomic mass is 10.0. The Balaban J connectivity index is 1.63. The number of nitrogens with zero attached hydrogens (tertiary/aromatic N) is 4. The number of rotatable bonds is 4. The van der Waals surface area contributed by atoms with Crippen LogP contribution in [0.2, 0.25) is 0 Å². The minimum absolute atomic E-state index is 0.0138. The van der Waals surface area contributed by atoms with E-state index < -0.39 is 6.09 Å². The van der Waals surface area contributed by atoms with Gasteiger partial charge in [-0.05, 0) is 18.4 Å². The number of nitrogen functional groups attached to an aromatic ring is 1. The second-order valence-corrected chi connectivity index (χ2v) is 6.33.